The predicted octanol–water partition coefficient (Wildman–Crippen LogP) is 1.30. The highest BCUT2D eigenvalue weighted by molar-refractivity contribution is 6.17. The minimum atomic E-state index is -4.48. The number of allylic oxidation sites excluding steroid dienone is 1. The number of carbonyl (C=O) groups excluding carboxylic acids is 1. The quantitative estimate of drug-likeness (QED) is 0.419. The third-order valence-electron chi connectivity index (χ3n) is 6.23. The van der Waals surface area contributed by atoms with Gasteiger partial charge in [0.25, 0.3) is 0 Å². The van der Waals surface area contributed by atoms with Crippen molar-refractivity contribution in [1.82, 2.24) is 20.2 Å². The second-order valence-electron chi connectivity index (χ2n) is 8.99. The average Bonchev–Trinajstić information content (AvgIpc) is 3.23. The molecule has 4 heterocycles. The maximum Gasteiger partial charge on any atom is 0.416 e. The number of amides is 1. The van der Waals surface area contributed by atoms with Gasteiger partial charge in [-0.05, 0) is 19.1 Å². The van der Waals surface area contributed by atoms with Crippen LogP contribution in [0.5, 0.6) is 5.88 Å². The highest BCUT2D eigenvalue weighted by Crippen LogP contribution is 2.34. The molecule has 5 rings (SSSR count). The molecule has 1 saturated heterocycles. The lowest BCUT2D eigenvalue weighted by atomic mass is 10.1. The Morgan fingerprint density at radius 1 is 1.32 bits per heavy atom. The Bertz CT molecular complexity index is 1340. The Morgan fingerprint density at radius 2 is 2.13 bits per heavy atom. The van der Waals surface area contributed by atoms with Gasteiger partial charge in [-0.2, -0.15) is 18.2 Å². The molecular formula is C24H24F3N7O4. The number of benzene rings is 1. The summed E-state index contributed by atoms with van der Waals surface area (Å²) < 4.78 is 44.9. The molecule has 1 unspecified atom stereocenters. The number of carbonyl (C=O) groups is 1. The summed E-state index contributed by atoms with van der Waals surface area (Å²) in [6.45, 7) is 1.56. The molecule has 1 fully saturated rings. The number of halogens is 3. The van der Waals surface area contributed by atoms with Crippen molar-refractivity contribution in [2.75, 3.05) is 25.1 Å². The van der Waals surface area contributed by atoms with E-state index in [4.69, 9.17) is 14.8 Å². The second-order valence-corrected chi connectivity index (χ2v) is 8.99. The van der Waals surface area contributed by atoms with Crippen LogP contribution in [0.15, 0.2) is 57.9 Å². The summed E-state index contributed by atoms with van der Waals surface area (Å²) in [7, 11) is 0. The van der Waals surface area contributed by atoms with E-state index in [1.807, 2.05) is 4.90 Å². The van der Waals surface area contributed by atoms with Crippen molar-refractivity contribution in [2.24, 2.45) is 9.98 Å². The smallest absolute Gasteiger partial charge is 0.416 e. The Balaban J connectivity index is 1.34. The number of aliphatic hydroxyl groups excluding tert-OH is 2. The molecule has 3 atom stereocenters. The summed E-state index contributed by atoms with van der Waals surface area (Å²) >= 11 is 0. The number of aliphatic imine (C=N–C) groups is 2. The molecule has 0 aliphatic carbocycles. The number of amidine groups is 2. The summed E-state index contributed by atoms with van der Waals surface area (Å²) in [5.41, 5.74) is 0.612. The van der Waals surface area contributed by atoms with E-state index in [0.29, 0.717) is 30.2 Å². The number of nitrogens with one attached hydrogen (secondary N) is 2. The van der Waals surface area contributed by atoms with Crippen LogP contribution >= 0.6 is 0 Å². The molecule has 2 aromatic rings. The Hall–Kier alpha value is -4.04. The number of hydrogen-bond donors (Lipinski definition) is 4. The number of anilines is 1. The van der Waals surface area contributed by atoms with Crippen molar-refractivity contribution in [3.63, 3.8) is 0 Å². The Morgan fingerprint density at radius 3 is 2.89 bits per heavy atom. The number of aliphatic hydroxyl groups is 2. The monoisotopic (exact) mass is 531 g/mol. The third kappa shape index (κ3) is 5.17. The first-order valence-corrected chi connectivity index (χ1v) is 11.8. The van der Waals surface area contributed by atoms with Crippen molar-refractivity contribution in [1.29, 1.82) is 0 Å². The number of rotatable bonds is 7. The van der Waals surface area contributed by atoms with Crippen LogP contribution in [-0.4, -0.2) is 80.6 Å². The first-order valence-electron chi connectivity index (χ1n) is 11.8. The maximum atomic E-state index is 13.2. The van der Waals surface area contributed by atoms with Gasteiger partial charge in [-0.25, -0.2) is 9.98 Å². The highest BCUT2D eigenvalue weighted by atomic mass is 19.4. The lowest BCUT2D eigenvalue weighted by Crippen LogP contribution is -2.48. The first-order chi connectivity index (χ1) is 18.1. The Labute approximate surface area is 214 Å². The summed E-state index contributed by atoms with van der Waals surface area (Å²) in [6, 6.07) is 5.52. The van der Waals surface area contributed by atoms with E-state index >= 15 is 0 Å². The van der Waals surface area contributed by atoms with E-state index in [9.17, 15) is 23.1 Å². The molecule has 3 aliphatic rings. The van der Waals surface area contributed by atoms with Gasteiger partial charge in [0.15, 0.2) is 5.84 Å². The zero-order chi connectivity index (χ0) is 27.0. The first kappa shape index (κ1) is 25.6. The van der Waals surface area contributed by atoms with Crippen LogP contribution in [0, 0.1) is 0 Å². The van der Waals surface area contributed by atoms with E-state index in [2.05, 4.69) is 25.6 Å². The van der Waals surface area contributed by atoms with Crippen molar-refractivity contribution in [2.45, 2.75) is 37.7 Å². The highest BCUT2D eigenvalue weighted by Gasteiger charge is 2.44. The van der Waals surface area contributed by atoms with Crippen molar-refractivity contribution < 1.29 is 32.9 Å². The van der Waals surface area contributed by atoms with Gasteiger partial charge in [0.1, 0.15) is 30.3 Å². The van der Waals surface area contributed by atoms with Gasteiger partial charge in [-0.1, -0.05) is 12.1 Å². The Kier molecular flexibility index (Phi) is 6.75. The minimum Gasteiger partial charge on any atom is -0.475 e. The van der Waals surface area contributed by atoms with E-state index in [0.717, 1.165) is 12.1 Å². The molecule has 0 radical (unpaired) electrons. The third-order valence-corrected chi connectivity index (χ3v) is 6.23. The molecule has 11 nitrogen and oxygen atoms in total. The molecule has 2 bridgehead atoms. The lowest BCUT2D eigenvalue weighted by molar-refractivity contribution is -0.137. The van der Waals surface area contributed by atoms with E-state index in [-0.39, 0.29) is 41.8 Å². The summed E-state index contributed by atoms with van der Waals surface area (Å²) in [5, 5.41) is 24.1. The number of aromatic nitrogens is 2. The topological polar surface area (TPSA) is 145 Å². The van der Waals surface area contributed by atoms with Gasteiger partial charge < -0.3 is 25.2 Å². The standard InChI is InChI=1S/C24H24F3N7O4/c1-12-19-21(32-20(29-12)13-3-2-4-14(7-13)24(25,26)27)30-15-8-17(34(19)9-15)22(37)33-23-28-6-5-18(31-23)38-11-16(36)10-35/h2-7,15-17,35-36H,8-11H2,1H3,(H,29,30,32)(H,28,31,33,37)/t15-,16-,17?/m0/s1. The molecule has 1 amide bonds. The molecule has 4 N–H and O–H groups in total. The fourth-order valence-electron chi connectivity index (χ4n) is 4.50. The van der Waals surface area contributed by atoms with Crippen molar-refractivity contribution in [3.05, 3.63) is 59.0 Å². The number of nitrogens with zero attached hydrogens (tertiary/aromatic N) is 5. The molecule has 0 spiro atoms. The SMILES string of the molecule is CC1=C2C(=N[C@H]3CC(C(=O)Nc4nccc(OC[C@@H](O)CO)n4)N2C3)NC(c2cccc(C(F)(F)F)c2)=N1. The van der Waals surface area contributed by atoms with Gasteiger partial charge in [0.2, 0.25) is 17.7 Å². The number of fused-ring (bicyclic) bond motifs is 4. The van der Waals surface area contributed by atoms with Gasteiger partial charge in [0.05, 0.1) is 23.9 Å². The van der Waals surface area contributed by atoms with Gasteiger partial charge in [-0.15, -0.1) is 0 Å². The van der Waals surface area contributed by atoms with Crippen LogP contribution < -0.4 is 15.4 Å². The molecular weight excluding hydrogens is 507 g/mol. The second kappa shape index (κ2) is 10.0. The number of hydrogen-bond acceptors (Lipinski definition) is 10. The fraction of sp³-hybridized carbons (Fsp3) is 0.375. The van der Waals surface area contributed by atoms with Crippen LogP contribution in [0.25, 0.3) is 0 Å². The largest absolute Gasteiger partial charge is 0.475 e. The molecule has 1 aromatic carbocycles. The molecule has 3 aliphatic heterocycles. The normalized spacial score (nSPS) is 21.3. The lowest BCUT2D eigenvalue weighted by Gasteiger charge is -2.34. The predicted molar refractivity (Wildman–Crippen MR) is 129 cm³/mol. The van der Waals surface area contributed by atoms with E-state index in [1.165, 1.54) is 24.4 Å². The van der Waals surface area contributed by atoms with Crippen LogP contribution in [-0.2, 0) is 11.0 Å². The molecule has 1 aromatic heterocycles. The van der Waals surface area contributed by atoms with Gasteiger partial charge in [-0.3, -0.25) is 15.1 Å². The van der Waals surface area contributed by atoms with Crippen LogP contribution in [0.1, 0.15) is 24.5 Å². The van der Waals surface area contributed by atoms with Crippen LogP contribution in [0.3, 0.4) is 0 Å². The molecule has 200 valence electrons. The zero-order valence-electron chi connectivity index (χ0n) is 20.1. The van der Waals surface area contributed by atoms with Gasteiger partial charge in [0, 0.05) is 30.8 Å². The zero-order valence-corrected chi connectivity index (χ0v) is 20.1. The summed E-state index contributed by atoms with van der Waals surface area (Å²) in [5.74, 6) is 0.448. The van der Waals surface area contributed by atoms with Crippen LogP contribution in [0.4, 0.5) is 19.1 Å². The number of alkyl halides is 3. The van der Waals surface area contributed by atoms with Gasteiger partial charge >= 0.3 is 6.18 Å². The minimum absolute atomic E-state index is 0.00658. The van der Waals surface area contributed by atoms with E-state index < -0.39 is 30.5 Å². The maximum absolute atomic E-state index is 13.2. The molecule has 38 heavy (non-hydrogen) atoms. The fourth-order valence-corrected chi connectivity index (χ4v) is 4.50. The van der Waals surface area contributed by atoms with Crippen molar-refractivity contribution in [3.8, 4) is 5.88 Å². The molecule has 0 saturated carbocycles. The summed E-state index contributed by atoms with van der Waals surface area (Å²) in [6.07, 6.45) is -3.75. The molecule has 14 heteroatoms. The van der Waals surface area contributed by atoms with Crippen molar-refractivity contribution >= 4 is 23.5 Å². The van der Waals surface area contributed by atoms with E-state index in [1.54, 1.807) is 6.92 Å². The summed E-state index contributed by atoms with van der Waals surface area (Å²) in [4.78, 5) is 32.4. The average molecular weight is 531 g/mol. The van der Waals surface area contributed by atoms with Crippen LogP contribution in [0.2, 0.25) is 0 Å². The number of ether oxygens (including phenoxy) is 1.